The Balaban J connectivity index is 1.34. The van der Waals surface area contributed by atoms with E-state index >= 15 is 0 Å². The number of hydrogen-bond acceptors (Lipinski definition) is 8. The van der Waals surface area contributed by atoms with Crippen molar-refractivity contribution in [2.75, 3.05) is 49.6 Å². The maximum absolute atomic E-state index is 6.61. The molecule has 31 heavy (non-hydrogen) atoms. The normalized spacial score (nSPS) is 21.4. The Kier molecular flexibility index (Phi) is 5.88. The minimum Gasteiger partial charge on any atom is -0.403 e. The van der Waals surface area contributed by atoms with Crippen LogP contribution in [0.5, 0.6) is 0 Å². The molecule has 2 saturated heterocycles. The van der Waals surface area contributed by atoms with Gasteiger partial charge in [0.2, 0.25) is 5.95 Å². The minimum atomic E-state index is 0.295. The number of ether oxygens (including phenoxy) is 1. The van der Waals surface area contributed by atoms with Crippen molar-refractivity contribution in [1.29, 1.82) is 0 Å². The molecule has 8 nitrogen and oxygen atoms in total. The van der Waals surface area contributed by atoms with Crippen molar-refractivity contribution in [2.45, 2.75) is 24.9 Å². The third-order valence-corrected chi connectivity index (χ3v) is 6.52. The Morgan fingerprint density at radius 2 is 2.00 bits per heavy atom. The average Bonchev–Trinajstić information content (AvgIpc) is 3.55. The number of halogens is 2. The number of nitrogens with one attached hydrogen (secondary N) is 1. The first kappa shape index (κ1) is 20.8. The monoisotopic (exact) mass is 461 g/mol. The number of fused-ring (bicyclic) bond motifs is 1. The van der Waals surface area contributed by atoms with Crippen LogP contribution in [0.3, 0.4) is 0 Å². The molecule has 3 heterocycles. The van der Waals surface area contributed by atoms with Gasteiger partial charge in [0.15, 0.2) is 0 Å². The van der Waals surface area contributed by atoms with Gasteiger partial charge in [-0.2, -0.15) is 0 Å². The Morgan fingerprint density at radius 3 is 2.65 bits per heavy atom. The highest BCUT2D eigenvalue weighted by atomic mass is 35.5. The van der Waals surface area contributed by atoms with Crippen LogP contribution in [0.2, 0.25) is 5.02 Å². The standard InChI is InChI=1S/C21H25Cl2N7O/c22-16-7-13-10-25-21(28-18(9-24)20(23)26-14-1-2-14)27-17(13)8-19(16)30-5-3-29(4-6-30)15-11-31-12-15/h7-10,14-15H,1-6,11-12,24H2,(H,25,27,28)/b18-9+,26-20?. The van der Waals surface area contributed by atoms with Crippen molar-refractivity contribution >= 4 is 50.9 Å². The quantitative estimate of drug-likeness (QED) is 0.638. The van der Waals surface area contributed by atoms with Crippen molar-refractivity contribution in [3.8, 4) is 0 Å². The van der Waals surface area contributed by atoms with E-state index in [0.717, 1.165) is 68.8 Å². The number of nitrogens with two attached hydrogens (primary N) is 1. The van der Waals surface area contributed by atoms with Crippen LogP contribution in [0.25, 0.3) is 10.9 Å². The SMILES string of the molecule is N/C=C(/Nc1ncc2cc(Cl)c(N3CCN(C4COC4)CC3)cc2n1)C(Cl)=NC1CC1. The van der Waals surface area contributed by atoms with Crippen molar-refractivity contribution in [2.24, 2.45) is 10.7 Å². The van der Waals surface area contributed by atoms with E-state index in [2.05, 4.69) is 30.1 Å². The lowest BCUT2D eigenvalue weighted by atomic mass is 10.1. The zero-order chi connectivity index (χ0) is 21.4. The number of nitrogens with zero attached hydrogens (tertiary/aromatic N) is 5. The topological polar surface area (TPSA) is 91.9 Å². The molecular weight excluding hydrogens is 437 g/mol. The van der Waals surface area contributed by atoms with Crippen LogP contribution < -0.4 is 16.0 Å². The number of allylic oxidation sites excluding steroid dienone is 1. The zero-order valence-electron chi connectivity index (χ0n) is 17.1. The average molecular weight is 462 g/mol. The molecule has 0 unspecified atom stereocenters. The number of anilines is 2. The fraction of sp³-hybridized carbons (Fsp3) is 0.476. The lowest BCUT2D eigenvalue weighted by molar-refractivity contribution is -0.0660. The largest absolute Gasteiger partial charge is 0.403 e. The van der Waals surface area contributed by atoms with E-state index in [-0.39, 0.29) is 0 Å². The second-order valence-electron chi connectivity index (χ2n) is 8.13. The Labute approximate surface area is 191 Å². The summed E-state index contributed by atoms with van der Waals surface area (Å²) in [5.74, 6) is 0.413. The Hall–Kier alpha value is -2.13. The summed E-state index contributed by atoms with van der Waals surface area (Å²) in [7, 11) is 0. The van der Waals surface area contributed by atoms with Gasteiger partial charge in [0.1, 0.15) is 5.17 Å². The molecule has 0 bridgehead atoms. The molecule has 10 heteroatoms. The number of benzene rings is 1. The highest BCUT2D eigenvalue weighted by Crippen LogP contribution is 2.32. The molecular formula is C21H25Cl2N7O. The van der Waals surface area contributed by atoms with E-state index in [4.69, 9.17) is 33.7 Å². The van der Waals surface area contributed by atoms with E-state index in [0.29, 0.717) is 33.9 Å². The number of aromatic nitrogens is 2. The molecule has 0 amide bonds. The number of hydrogen-bond donors (Lipinski definition) is 2. The summed E-state index contributed by atoms with van der Waals surface area (Å²) in [4.78, 5) is 18.3. The molecule has 1 saturated carbocycles. The van der Waals surface area contributed by atoms with Gasteiger partial charge in [0, 0.05) is 44.0 Å². The zero-order valence-corrected chi connectivity index (χ0v) is 18.6. The van der Waals surface area contributed by atoms with Gasteiger partial charge in [-0.3, -0.25) is 9.89 Å². The second-order valence-corrected chi connectivity index (χ2v) is 8.89. The molecule has 1 aromatic carbocycles. The first-order valence-corrected chi connectivity index (χ1v) is 11.3. The highest BCUT2D eigenvalue weighted by molar-refractivity contribution is 6.69. The van der Waals surface area contributed by atoms with Crippen LogP contribution in [0.4, 0.5) is 11.6 Å². The van der Waals surface area contributed by atoms with E-state index in [9.17, 15) is 0 Å². The number of piperazine rings is 1. The first-order chi connectivity index (χ1) is 15.1. The highest BCUT2D eigenvalue weighted by Gasteiger charge is 2.29. The number of aliphatic imine (C=N–C) groups is 1. The van der Waals surface area contributed by atoms with Gasteiger partial charge >= 0.3 is 0 Å². The summed E-state index contributed by atoms with van der Waals surface area (Å²) in [6.07, 6.45) is 5.26. The van der Waals surface area contributed by atoms with Crippen LogP contribution in [-0.4, -0.2) is 71.5 Å². The summed E-state index contributed by atoms with van der Waals surface area (Å²) in [5.41, 5.74) is 8.03. The van der Waals surface area contributed by atoms with Crippen molar-refractivity contribution in [3.05, 3.63) is 35.2 Å². The van der Waals surface area contributed by atoms with Gasteiger partial charge in [-0.1, -0.05) is 23.2 Å². The van der Waals surface area contributed by atoms with Crippen LogP contribution in [0, 0.1) is 0 Å². The lowest BCUT2D eigenvalue weighted by Gasteiger charge is -2.43. The van der Waals surface area contributed by atoms with Gasteiger partial charge in [-0.15, -0.1) is 0 Å². The minimum absolute atomic E-state index is 0.295. The molecule has 3 fully saturated rings. The summed E-state index contributed by atoms with van der Waals surface area (Å²) in [6, 6.07) is 4.81. The predicted molar refractivity (Wildman–Crippen MR) is 125 cm³/mol. The van der Waals surface area contributed by atoms with Gasteiger partial charge in [0.05, 0.1) is 47.2 Å². The third-order valence-electron chi connectivity index (χ3n) is 5.92. The van der Waals surface area contributed by atoms with Gasteiger partial charge < -0.3 is 20.7 Å². The molecule has 0 spiro atoms. The second kappa shape index (κ2) is 8.78. The molecule has 1 aliphatic carbocycles. The van der Waals surface area contributed by atoms with Gasteiger partial charge in [-0.05, 0) is 25.0 Å². The maximum Gasteiger partial charge on any atom is 0.227 e. The van der Waals surface area contributed by atoms with Crippen molar-refractivity contribution in [1.82, 2.24) is 14.9 Å². The van der Waals surface area contributed by atoms with Crippen LogP contribution in [-0.2, 0) is 4.74 Å². The fourth-order valence-electron chi connectivity index (χ4n) is 3.82. The maximum atomic E-state index is 6.61. The molecule has 164 valence electrons. The third kappa shape index (κ3) is 4.57. The molecule has 0 atom stereocenters. The first-order valence-electron chi connectivity index (χ1n) is 10.6. The predicted octanol–water partition coefficient (Wildman–Crippen LogP) is 2.82. The summed E-state index contributed by atoms with van der Waals surface area (Å²) < 4.78 is 5.33. The molecule has 5 rings (SSSR count). The summed E-state index contributed by atoms with van der Waals surface area (Å²) in [6.45, 7) is 5.54. The molecule has 2 aromatic rings. The summed E-state index contributed by atoms with van der Waals surface area (Å²) >= 11 is 12.9. The molecule has 1 aromatic heterocycles. The van der Waals surface area contributed by atoms with Crippen LogP contribution >= 0.6 is 23.2 Å². The van der Waals surface area contributed by atoms with Crippen LogP contribution in [0.1, 0.15) is 12.8 Å². The van der Waals surface area contributed by atoms with Gasteiger partial charge in [0.25, 0.3) is 0 Å². The smallest absolute Gasteiger partial charge is 0.227 e. The summed E-state index contributed by atoms with van der Waals surface area (Å²) in [5, 5.41) is 5.02. The van der Waals surface area contributed by atoms with E-state index in [1.54, 1.807) is 6.20 Å². The van der Waals surface area contributed by atoms with Gasteiger partial charge in [-0.25, -0.2) is 9.97 Å². The van der Waals surface area contributed by atoms with Crippen molar-refractivity contribution in [3.63, 3.8) is 0 Å². The lowest BCUT2D eigenvalue weighted by Crippen LogP contribution is -2.56. The van der Waals surface area contributed by atoms with E-state index in [1.165, 1.54) is 6.20 Å². The molecule has 3 aliphatic rings. The number of rotatable bonds is 6. The van der Waals surface area contributed by atoms with E-state index < -0.39 is 0 Å². The fourth-order valence-corrected chi connectivity index (χ4v) is 4.36. The molecule has 0 radical (unpaired) electrons. The van der Waals surface area contributed by atoms with Crippen molar-refractivity contribution < 1.29 is 4.74 Å². The van der Waals surface area contributed by atoms with E-state index in [1.807, 2.05) is 12.1 Å². The van der Waals surface area contributed by atoms with Crippen LogP contribution in [0.15, 0.2) is 35.2 Å². The molecule has 2 aliphatic heterocycles. The molecule has 3 N–H and O–H groups in total. The Morgan fingerprint density at radius 1 is 1.23 bits per heavy atom. The Bertz CT molecular complexity index is 1030.